The number of nitrogens with zero attached hydrogens (tertiary/aromatic N) is 3. The van der Waals surface area contributed by atoms with Crippen molar-refractivity contribution in [1.82, 2.24) is 19.9 Å². The molecule has 0 bridgehead atoms. The monoisotopic (exact) mass is 280 g/mol. The number of hydrogen-bond acceptors (Lipinski definition) is 3. The summed E-state index contributed by atoms with van der Waals surface area (Å²) in [5.74, 6) is 0.942. The van der Waals surface area contributed by atoms with E-state index in [0.717, 1.165) is 18.0 Å². The lowest BCUT2D eigenvalue weighted by Gasteiger charge is -2.15. The average molecular weight is 280 g/mol. The molecule has 21 heavy (non-hydrogen) atoms. The zero-order chi connectivity index (χ0) is 14.8. The van der Waals surface area contributed by atoms with Gasteiger partial charge >= 0.3 is 0 Å². The Labute approximate surface area is 124 Å². The smallest absolute Gasteiger partial charge is 0.160 e. The summed E-state index contributed by atoms with van der Waals surface area (Å²) < 4.78 is 2.03. The number of fused-ring (bicyclic) bond motifs is 1. The van der Waals surface area contributed by atoms with Gasteiger partial charge in [-0.15, -0.1) is 10.2 Å². The highest BCUT2D eigenvalue weighted by Gasteiger charge is 2.13. The van der Waals surface area contributed by atoms with Crippen molar-refractivity contribution in [1.29, 1.82) is 0 Å². The van der Waals surface area contributed by atoms with Crippen molar-refractivity contribution in [3.8, 4) is 0 Å². The molecule has 0 aliphatic carbocycles. The van der Waals surface area contributed by atoms with Crippen LogP contribution in [0.1, 0.15) is 35.5 Å². The summed E-state index contributed by atoms with van der Waals surface area (Å²) in [4.78, 5) is 0. The Balaban J connectivity index is 1.79. The topological polar surface area (TPSA) is 42.2 Å². The van der Waals surface area contributed by atoms with Crippen LogP contribution in [0.5, 0.6) is 0 Å². The van der Waals surface area contributed by atoms with Crippen LogP contribution in [0.25, 0.3) is 5.65 Å². The third-order valence-corrected chi connectivity index (χ3v) is 3.96. The van der Waals surface area contributed by atoms with Gasteiger partial charge < -0.3 is 5.32 Å². The maximum atomic E-state index is 4.30. The van der Waals surface area contributed by atoms with Gasteiger partial charge in [-0.05, 0) is 49.6 Å². The molecule has 0 fully saturated rings. The third kappa shape index (κ3) is 2.67. The van der Waals surface area contributed by atoms with Gasteiger partial charge in [-0.1, -0.05) is 24.3 Å². The van der Waals surface area contributed by atoms with Crippen LogP contribution < -0.4 is 5.32 Å². The van der Waals surface area contributed by atoms with Crippen LogP contribution in [-0.2, 0) is 6.54 Å². The zero-order valence-electron chi connectivity index (χ0n) is 12.7. The highest BCUT2D eigenvalue weighted by atomic mass is 15.3. The second kappa shape index (κ2) is 5.66. The summed E-state index contributed by atoms with van der Waals surface area (Å²) in [5.41, 5.74) is 4.88. The molecule has 4 heteroatoms. The lowest BCUT2D eigenvalue weighted by molar-refractivity contribution is 0.539. The molecular formula is C17H20N4. The highest BCUT2D eigenvalue weighted by Crippen LogP contribution is 2.16. The van der Waals surface area contributed by atoms with E-state index in [9.17, 15) is 0 Å². The number of nitrogens with one attached hydrogen (secondary N) is 1. The van der Waals surface area contributed by atoms with Crippen molar-refractivity contribution in [3.05, 3.63) is 65.1 Å². The molecule has 108 valence electrons. The molecule has 4 nitrogen and oxygen atoms in total. The highest BCUT2D eigenvalue weighted by molar-refractivity contribution is 5.37. The average Bonchev–Trinajstić information content (AvgIpc) is 2.90. The van der Waals surface area contributed by atoms with Gasteiger partial charge in [0.1, 0.15) is 0 Å². The van der Waals surface area contributed by atoms with Crippen molar-refractivity contribution in [2.24, 2.45) is 0 Å². The Hall–Kier alpha value is -2.20. The molecule has 3 aromatic rings. The molecule has 0 amide bonds. The van der Waals surface area contributed by atoms with E-state index in [4.69, 9.17) is 0 Å². The van der Waals surface area contributed by atoms with Gasteiger partial charge in [0.15, 0.2) is 11.5 Å². The Morgan fingerprint density at radius 3 is 2.57 bits per heavy atom. The molecule has 0 radical (unpaired) electrons. The van der Waals surface area contributed by atoms with Crippen molar-refractivity contribution in [2.75, 3.05) is 0 Å². The Morgan fingerprint density at radius 1 is 1.05 bits per heavy atom. The standard InChI is InChI=1S/C17H20N4/c1-12-7-6-8-13(2)15(12)11-18-14(3)17-20-19-16-9-4-5-10-21(16)17/h4-10,14,18H,11H2,1-3H3. The number of aryl methyl sites for hydroxylation is 2. The molecule has 0 spiro atoms. The van der Waals surface area contributed by atoms with Crippen LogP contribution in [-0.4, -0.2) is 14.6 Å². The van der Waals surface area contributed by atoms with Gasteiger partial charge in [0.25, 0.3) is 0 Å². The second-order valence-corrected chi connectivity index (χ2v) is 5.46. The minimum Gasteiger partial charge on any atom is -0.303 e. The summed E-state index contributed by atoms with van der Waals surface area (Å²) in [6.07, 6.45) is 2.00. The number of pyridine rings is 1. The van der Waals surface area contributed by atoms with E-state index in [1.165, 1.54) is 16.7 Å². The molecule has 0 aliphatic rings. The molecule has 1 atom stereocenters. The first kappa shape index (κ1) is 13.8. The van der Waals surface area contributed by atoms with Crippen LogP contribution in [0.3, 0.4) is 0 Å². The maximum absolute atomic E-state index is 4.30. The van der Waals surface area contributed by atoms with Gasteiger partial charge in [-0.2, -0.15) is 0 Å². The van der Waals surface area contributed by atoms with Gasteiger partial charge in [-0.25, -0.2) is 0 Å². The predicted molar refractivity (Wildman–Crippen MR) is 84.2 cm³/mol. The van der Waals surface area contributed by atoms with E-state index in [0.29, 0.717) is 0 Å². The maximum Gasteiger partial charge on any atom is 0.160 e. The van der Waals surface area contributed by atoms with Crippen molar-refractivity contribution < 1.29 is 0 Å². The summed E-state index contributed by atoms with van der Waals surface area (Å²) in [6, 6.07) is 12.5. The van der Waals surface area contributed by atoms with Crippen molar-refractivity contribution in [2.45, 2.75) is 33.4 Å². The van der Waals surface area contributed by atoms with Gasteiger partial charge in [0.2, 0.25) is 0 Å². The summed E-state index contributed by atoms with van der Waals surface area (Å²) in [6.45, 7) is 7.26. The molecule has 0 saturated carbocycles. The van der Waals surface area contributed by atoms with Gasteiger partial charge in [0.05, 0.1) is 6.04 Å². The second-order valence-electron chi connectivity index (χ2n) is 5.46. The zero-order valence-corrected chi connectivity index (χ0v) is 12.7. The Kier molecular flexibility index (Phi) is 3.71. The van der Waals surface area contributed by atoms with E-state index in [1.807, 2.05) is 28.8 Å². The van der Waals surface area contributed by atoms with E-state index >= 15 is 0 Å². The van der Waals surface area contributed by atoms with E-state index < -0.39 is 0 Å². The minimum absolute atomic E-state index is 0.140. The lowest BCUT2D eigenvalue weighted by Crippen LogP contribution is -2.21. The summed E-state index contributed by atoms with van der Waals surface area (Å²) in [7, 11) is 0. The fraction of sp³-hybridized carbons (Fsp3) is 0.294. The van der Waals surface area contributed by atoms with Crippen LogP contribution in [0.2, 0.25) is 0 Å². The van der Waals surface area contributed by atoms with Crippen molar-refractivity contribution >= 4 is 5.65 Å². The first-order valence-corrected chi connectivity index (χ1v) is 7.25. The predicted octanol–water partition coefficient (Wildman–Crippen LogP) is 3.20. The number of rotatable bonds is 4. The molecule has 1 unspecified atom stereocenters. The number of hydrogen-bond donors (Lipinski definition) is 1. The molecule has 0 saturated heterocycles. The molecule has 2 heterocycles. The van der Waals surface area contributed by atoms with E-state index in [-0.39, 0.29) is 6.04 Å². The first-order valence-electron chi connectivity index (χ1n) is 7.25. The van der Waals surface area contributed by atoms with Gasteiger partial charge in [0, 0.05) is 12.7 Å². The normalized spacial score (nSPS) is 12.7. The van der Waals surface area contributed by atoms with Gasteiger partial charge in [-0.3, -0.25) is 4.40 Å². The molecular weight excluding hydrogens is 260 g/mol. The van der Waals surface area contributed by atoms with Crippen LogP contribution in [0.15, 0.2) is 42.6 Å². The molecule has 3 rings (SSSR count). The fourth-order valence-corrected chi connectivity index (χ4v) is 2.63. The SMILES string of the molecule is Cc1cccc(C)c1CNC(C)c1nnc2ccccn12. The van der Waals surface area contributed by atoms with Crippen LogP contribution in [0, 0.1) is 13.8 Å². The summed E-state index contributed by atoms with van der Waals surface area (Å²) in [5, 5.41) is 12.1. The largest absolute Gasteiger partial charge is 0.303 e. The van der Waals surface area contributed by atoms with E-state index in [1.54, 1.807) is 0 Å². The molecule has 1 N–H and O–H groups in total. The fourth-order valence-electron chi connectivity index (χ4n) is 2.63. The quantitative estimate of drug-likeness (QED) is 0.798. The lowest BCUT2D eigenvalue weighted by atomic mass is 10.0. The Morgan fingerprint density at radius 2 is 1.81 bits per heavy atom. The first-order chi connectivity index (χ1) is 10.2. The van der Waals surface area contributed by atoms with Crippen LogP contribution >= 0.6 is 0 Å². The third-order valence-electron chi connectivity index (χ3n) is 3.96. The summed E-state index contributed by atoms with van der Waals surface area (Å²) >= 11 is 0. The van der Waals surface area contributed by atoms with Crippen molar-refractivity contribution in [3.63, 3.8) is 0 Å². The van der Waals surface area contributed by atoms with Crippen LogP contribution in [0.4, 0.5) is 0 Å². The Bertz CT molecular complexity index is 740. The molecule has 2 aromatic heterocycles. The van der Waals surface area contributed by atoms with E-state index in [2.05, 4.69) is 54.5 Å². The minimum atomic E-state index is 0.140. The number of benzene rings is 1. The molecule has 0 aliphatic heterocycles. The molecule has 1 aromatic carbocycles. The number of aromatic nitrogens is 3.